The summed E-state index contributed by atoms with van der Waals surface area (Å²) in [7, 11) is 0. The molecular formula is C28H22Cl2N4O4S. The maximum absolute atomic E-state index is 13.9. The minimum absolute atomic E-state index is 0.204. The van der Waals surface area contributed by atoms with E-state index in [1.54, 1.807) is 24.3 Å². The zero-order chi connectivity index (χ0) is 27.3. The van der Waals surface area contributed by atoms with Gasteiger partial charge in [-0.1, -0.05) is 41.4 Å². The predicted octanol–water partition coefficient (Wildman–Crippen LogP) is 4.53. The van der Waals surface area contributed by atoms with E-state index in [2.05, 4.69) is 16.0 Å². The quantitative estimate of drug-likeness (QED) is 0.393. The maximum Gasteiger partial charge on any atom is 0.322 e. The largest absolute Gasteiger partial charge is 0.325 e. The van der Waals surface area contributed by atoms with Gasteiger partial charge in [-0.25, -0.2) is 4.79 Å². The average Bonchev–Trinajstić information content (AvgIpc) is 3.36. The van der Waals surface area contributed by atoms with Crippen LogP contribution in [0.4, 0.5) is 16.2 Å². The molecule has 0 radical (unpaired) electrons. The number of rotatable bonds is 4. The maximum atomic E-state index is 13.9. The molecule has 2 aliphatic heterocycles. The van der Waals surface area contributed by atoms with Crippen LogP contribution in [0.1, 0.15) is 22.6 Å². The van der Waals surface area contributed by atoms with Crippen molar-refractivity contribution in [2.24, 2.45) is 0 Å². The topological polar surface area (TPSA) is 108 Å². The molecule has 3 aliphatic rings. The number of urea groups is 1. The van der Waals surface area contributed by atoms with Crippen molar-refractivity contribution in [1.29, 1.82) is 0 Å². The van der Waals surface area contributed by atoms with Gasteiger partial charge in [0.25, 0.3) is 5.91 Å². The molecule has 1 saturated heterocycles. The summed E-state index contributed by atoms with van der Waals surface area (Å²) in [6, 6.07) is 17.4. The first-order chi connectivity index (χ1) is 18.7. The minimum atomic E-state index is -0.988. The van der Waals surface area contributed by atoms with Crippen LogP contribution in [-0.2, 0) is 27.2 Å². The Morgan fingerprint density at radius 2 is 1.82 bits per heavy atom. The summed E-state index contributed by atoms with van der Waals surface area (Å²) in [5.74, 6) is -1.11. The smallest absolute Gasteiger partial charge is 0.322 e. The van der Waals surface area contributed by atoms with Crippen LogP contribution in [0.25, 0.3) is 0 Å². The first-order valence-electron chi connectivity index (χ1n) is 12.3. The Bertz CT molecular complexity index is 1560. The van der Waals surface area contributed by atoms with E-state index in [1.165, 1.54) is 16.7 Å². The Kier molecular flexibility index (Phi) is 6.53. The van der Waals surface area contributed by atoms with Crippen LogP contribution in [-0.4, -0.2) is 41.6 Å². The van der Waals surface area contributed by atoms with Crippen molar-refractivity contribution >= 4 is 70.1 Å². The molecule has 3 aromatic carbocycles. The van der Waals surface area contributed by atoms with Crippen LogP contribution in [0, 0.1) is 0 Å². The van der Waals surface area contributed by atoms with Crippen LogP contribution in [0.3, 0.4) is 0 Å². The summed E-state index contributed by atoms with van der Waals surface area (Å²) in [6.07, 6.45) is 0.721. The van der Waals surface area contributed by atoms with Gasteiger partial charge >= 0.3 is 6.03 Å². The lowest BCUT2D eigenvalue weighted by Crippen LogP contribution is -2.47. The molecule has 3 N–H and O–H groups in total. The fraction of sp³-hybridized carbons (Fsp3) is 0.214. The molecule has 0 aromatic heterocycles. The van der Waals surface area contributed by atoms with Gasteiger partial charge in [-0.15, -0.1) is 11.8 Å². The van der Waals surface area contributed by atoms with Gasteiger partial charge in [0.05, 0.1) is 11.6 Å². The Morgan fingerprint density at radius 3 is 2.62 bits per heavy atom. The van der Waals surface area contributed by atoms with Crippen LogP contribution in [0.2, 0.25) is 10.0 Å². The summed E-state index contributed by atoms with van der Waals surface area (Å²) in [5, 5.41) is 8.85. The number of amides is 5. The highest BCUT2D eigenvalue weighted by Crippen LogP contribution is 2.41. The molecule has 6 rings (SSSR count). The van der Waals surface area contributed by atoms with Crippen LogP contribution >= 0.6 is 35.0 Å². The van der Waals surface area contributed by atoms with Crippen molar-refractivity contribution in [2.75, 3.05) is 22.5 Å². The van der Waals surface area contributed by atoms with E-state index in [4.69, 9.17) is 23.2 Å². The van der Waals surface area contributed by atoms with Crippen molar-refractivity contribution in [3.05, 3.63) is 87.4 Å². The van der Waals surface area contributed by atoms with E-state index in [9.17, 15) is 19.2 Å². The number of hydrogen-bond donors (Lipinski definition) is 3. The van der Waals surface area contributed by atoms with E-state index in [0.29, 0.717) is 45.6 Å². The van der Waals surface area contributed by atoms with E-state index in [-0.39, 0.29) is 24.3 Å². The van der Waals surface area contributed by atoms with Gasteiger partial charge in [0, 0.05) is 39.2 Å². The second-order valence-corrected chi connectivity index (χ2v) is 11.7. The molecule has 11 heteroatoms. The number of anilines is 2. The molecule has 3 aromatic rings. The molecule has 1 spiro atoms. The Morgan fingerprint density at radius 1 is 1.03 bits per heavy atom. The molecule has 1 fully saturated rings. The van der Waals surface area contributed by atoms with E-state index in [1.807, 2.05) is 36.4 Å². The van der Waals surface area contributed by atoms with Gasteiger partial charge in [-0.3, -0.25) is 19.7 Å². The van der Waals surface area contributed by atoms with Gasteiger partial charge < -0.3 is 15.5 Å². The summed E-state index contributed by atoms with van der Waals surface area (Å²) in [5.41, 5.74) is 2.63. The normalized spacial score (nSPS) is 21.7. The first-order valence-corrected chi connectivity index (χ1v) is 14.0. The van der Waals surface area contributed by atoms with Crippen molar-refractivity contribution in [2.45, 2.75) is 29.2 Å². The van der Waals surface area contributed by atoms with E-state index in [0.717, 1.165) is 16.0 Å². The number of hydrogen-bond acceptors (Lipinski definition) is 5. The van der Waals surface area contributed by atoms with Gasteiger partial charge in [0.15, 0.2) is 0 Å². The summed E-state index contributed by atoms with van der Waals surface area (Å²) in [6.45, 7) is -0.204. The fourth-order valence-corrected chi connectivity index (χ4v) is 6.99. The molecule has 2 atom stereocenters. The van der Waals surface area contributed by atoms with Gasteiger partial charge in [-0.05, 0) is 59.2 Å². The van der Waals surface area contributed by atoms with Crippen LogP contribution < -0.4 is 20.9 Å². The summed E-state index contributed by atoms with van der Waals surface area (Å²) < 4.78 is 0. The number of nitrogens with zero attached hydrogens (tertiary/aromatic N) is 1. The minimum Gasteiger partial charge on any atom is -0.325 e. The second-order valence-electron chi connectivity index (χ2n) is 9.80. The molecule has 5 amide bonds. The predicted molar refractivity (Wildman–Crippen MR) is 151 cm³/mol. The monoisotopic (exact) mass is 580 g/mol. The van der Waals surface area contributed by atoms with Crippen LogP contribution in [0.15, 0.2) is 65.6 Å². The van der Waals surface area contributed by atoms with Crippen molar-refractivity contribution in [3.63, 3.8) is 0 Å². The highest BCUT2D eigenvalue weighted by atomic mass is 35.5. The lowest BCUT2D eigenvalue weighted by molar-refractivity contribution is -0.123. The van der Waals surface area contributed by atoms with Crippen molar-refractivity contribution < 1.29 is 19.2 Å². The third-order valence-corrected chi connectivity index (χ3v) is 8.99. The Hall–Kier alpha value is -3.53. The number of thioether (sulfide) groups is 1. The molecular weight excluding hydrogens is 559 g/mol. The molecule has 198 valence electrons. The number of para-hydroxylation sites is 1. The molecule has 1 aliphatic carbocycles. The lowest BCUT2D eigenvalue weighted by atomic mass is 9.96. The second kappa shape index (κ2) is 9.89. The SMILES string of the molecule is O=C(CN1C(=O)C(c2cc(Cl)ccc2Cl)CSc2ccccc21)Nc1ccc2c(c1)CC1(C2)NC(=O)NC1=O. The Balaban J connectivity index is 1.24. The number of carbonyl (C=O) groups is 4. The third kappa shape index (κ3) is 4.75. The molecule has 0 saturated carbocycles. The number of imide groups is 1. The lowest BCUT2D eigenvalue weighted by Gasteiger charge is -2.25. The van der Waals surface area contributed by atoms with Gasteiger partial charge in [0.2, 0.25) is 11.8 Å². The highest BCUT2D eigenvalue weighted by molar-refractivity contribution is 7.99. The van der Waals surface area contributed by atoms with E-state index >= 15 is 0 Å². The summed E-state index contributed by atoms with van der Waals surface area (Å²) >= 11 is 14.2. The number of carbonyl (C=O) groups excluding carboxylic acids is 4. The number of fused-ring (bicyclic) bond motifs is 2. The summed E-state index contributed by atoms with van der Waals surface area (Å²) in [4.78, 5) is 53.6. The fourth-order valence-electron chi connectivity index (χ4n) is 5.40. The molecule has 2 unspecified atom stereocenters. The van der Waals surface area contributed by atoms with E-state index < -0.39 is 17.5 Å². The average molecular weight is 581 g/mol. The molecule has 39 heavy (non-hydrogen) atoms. The van der Waals surface area contributed by atoms with Crippen molar-refractivity contribution in [1.82, 2.24) is 10.6 Å². The third-order valence-electron chi connectivity index (χ3n) is 7.25. The molecule has 2 heterocycles. The zero-order valence-electron chi connectivity index (χ0n) is 20.4. The first kappa shape index (κ1) is 25.7. The van der Waals surface area contributed by atoms with Crippen LogP contribution in [0.5, 0.6) is 0 Å². The number of nitrogens with one attached hydrogen (secondary N) is 3. The van der Waals surface area contributed by atoms with Gasteiger partial charge in [0.1, 0.15) is 12.1 Å². The molecule has 8 nitrogen and oxygen atoms in total. The number of halogens is 2. The van der Waals surface area contributed by atoms with Gasteiger partial charge in [-0.2, -0.15) is 0 Å². The van der Waals surface area contributed by atoms with Crippen molar-refractivity contribution in [3.8, 4) is 0 Å². The number of benzene rings is 3. The standard InChI is InChI=1S/C28H22Cl2N4O4S/c29-17-6-8-21(30)19(10-17)20-14-39-23-4-2-1-3-22(23)34(25(20)36)13-24(35)31-18-7-5-15-11-28(12-16(15)9-18)26(37)32-27(38)33-28/h1-10,20H,11-14H2,(H,31,35)(H2,32,33,37,38). The zero-order valence-corrected chi connectivity index (χ0v) is 22.8. The Labute approximate surface area is 238 Å². The molecule has 0 bridgehead atoms. The highest BCUT2D eigenvalue weighted by Gasteiger charge is 2.50.